The summed E-state index contributed by atoms with van der Waals surface area (Å²) >= 11 is 0. The molecule has 2 nitrogen and oxygen atoms in total. The molecule has 8 heavy (non-hydrogen) atoms. The van der Waals surface area contributed by atoms with Gasteiger partial charge in [-0.15, -0.1) is 6.58 Å². The largest absolute Gasteiger partial charge is 0.326 e. The maximum atomic E-state index is 8.10. The van der Waals surface area contributed by atoms with E-state index in [4.69, 9.17) is 11.0 Å². The normalized spacial score (nSPS) is 12.0. The summed E-state index contributed by atoms with van der Waals surface area (Å²) in [4.78, 5) is 0. The first kappa shape index (κ1) is 7.19. The van der Waals surface area contributed by atoms with E-state index >= 15 is 0 Å². The first-order valence-electron chi connectivity index (χ1n) is 2.54. The summed E-state index contributed by atoms with van der Waals surface area (Å²) < 4.78 is 0. The molecular weight excluding hydrogens is 100 g/mol. The maximum absolute atomic E-state index is 8.10. The van der Waals surface area contributed by atoms with Crippen molar-refractivity contribution in [1.82, 2.24) is 0 Å². The van der Waals surface area contributed by atoms with Crippen LogP contribution >= 0.6 is 0 Å². The second-order valence-electron chi connectivity index (χ2n) is 1.65. The molecule has 0 aliphatic rings. The summed E-state index contributed by atoms with van der Waals surface area (Å²) in [5.41, 5.74) is 5.40. The van der Waals surface area contributed by atoms with Gasteiger partial charge in [0.05, 0.1) is 12.5 Å². The van der Waals surface area contributed by atoms with Crippen molar-refractivity contribution in [3.05, 3.63) is 12.7 Å². The smallest absolute Gasteiger partial charge is 0.0638 e. The molecule has 2 N–H and O–H groups in total. The molecule has 0 rings (SSSR count). The lowest BCUT2D eigenvalue weighted by atomic mass is 10.2. The lowest BCUT2D eigenvalue weighted by Gasteiger charge is -1.99. The Balaban J connectivity index is 3.20. The van der Waals surface area contributed by atoms with E-state index in [-0.39, 0.29) is 6.04 Å². The molecule has 0 bridgehead atoms. The van der Waals surface area contributed by atoms with Crippen molar-refractivity contribution in [3.8, 4) is 6.07 Å². The zero-order valence-electron chi connectivity index (χ0n) is 4.80. The Hall–Kier alpha value is -0.810. The number of hydrogen-bond donors (Lipinski definition) is 1. The summed E-state index contributed by atoms with van der Waals surface area (Å²) in [5, 5.41) is 8.10. The van der Waals surface area contributed by atoms with Crippen LogP contribution in [0.1, 0.15) is 12.8 Å². The second-order valence-corrected chi connectivity index (χ2v) is 1.65. The van der Waals surface area contributed by atoms with Gasteiger partial charge < -0.3 is 5.73 Å². The van der Waals surface area contributed by atoms with Gasteiger partial charge in [0.25, 0.3) is 0 Å². The van der Waals surface area contributed by atoms with E-state index in [1.54, 1.807) is 6.08 Å². The lowest BCUT2D eigenvalue weighted by molar-refractivity contribution is 0.701. The fourth-order valence-corrected chi connectivity index (χ4v) is 0.415. The predicted octanol–water partition coefficient (Wildman–Crippen LogP) is 0.803. The van der Waals surface area contributed by atoms with Gasteiger partial charge in [-0.1, -0.05) is 6.08 Å². The van der Waals surface area contributed by atoms with Gasteiger partial charge >= 0.3 is 0 Å². The van der Waals surface area contributed by atoms with Crippen LogP contribution in [0, 0.1) is 11.3 Å². The molecular formula is C6H10N2. The molecule has 0 amide bonds. The molecule has 0 aliphatic carbocycles. The van der Waals surface area contributed by atoms with Crippen molar-refractivity contribution in [2.75, 3.05) is 0 Å². The zero-order chi connectivity index (χ0) is 6.41. The minimum Gasteiger partial charge on any atom is -0.326 e. The topological polar surface area (TPSA) is 49.8 Å². The third-order valence-corrected chi connectivity index (χ3v) is 0.823. The van der Waals surface area contributed by atoms with Crippen molar-refractivity contribution in [2.45, 2.75) is 18.9 Å². The van der Waals surface area contributed by atoms with Gasteiger partial charge in [-0.05, 0) is 6.42 Å². The van der Waals surface area contributed by atoms with Crippen molar-refractivity contribution >= 4 is 0 Å². The van der Waals surface area contributed by atoms with Crippen LogP contribution in [0.2, 0.25) is 0 Å². The van der Waals surface area contributed by atoms with Gasteiger partial charge in [0.15, 0.2) is 0 Å². The molecule has 0 saturated carbocycles. The molecule has 0 saturated heterocycles. The minimum atomic E-state index is -0.0162. The summed E-state index contributed by atoms with van der Waals surface area (Å²) in [7, 11) is 0. The van der Waals surface area contributed by atoms with E-state index in [2.05, 4.69) is 6.58 Å². The lowest BCUT2D eigenvalue weighted by Crippen LogP contribution is -2.17. The highest BCUT2D eigenvalue weighted by Crippen LogP contribution is 1.91. The molecule has 0 spiro atoms. The highest BCUT2D eigenvalue weighted by atomic mass is 14.6. The SMILES string of the molecule is C=CCC(N)CC#N. The van der Waals surface area contributed by atoms with E-state index in [1.807, 2.05) is 6.07 Å². The third-order valence-electron chi connectivity index (χ3n) is 0.823. The fraction of sp³-hybridized carbons (Fsp3) is 0.500. The highest BCUT2D eigenvalue weighted by Gasteiger charge is 1.94. The number of rotatable bonds is 3. The second kappa shape index (κ2) is 4.35. The number of nitrogens with zero attached hydrogens (tertiary/aromatic N) is 1. The first-order valence-corrected chi connectivity index (χ1v) is 2.54. The maximum Gasteiger partial charge on any atom is 0.0638 e. The van der Waals surface area contributed by atoms with Crippen LogP contribution in [0.5, 0.6) is 0 Å². The quantitative estimate of drug-likeness (QED) is 0.546. The Morgan fingerprint density at radius 1 is 1.88 bits per heavy atom. The molecule has 2 heteroatoms. The van der Waals surface area contributed by atoms with Gasteiger partial charge in [-0.3, -0.25) is 0 Å². The van der Waals surface area contributed by atoms with Crippen LogP contribution in [0.4, 0.5) is 0 Å². The summed E-state index contributed by atoms with van der Waals surface area (Å²) in [6, 6.07) is 1.96. The fourth-order valence-electron chi connectivity index (χ4n) is 0.415. The first-order chi connectivity index (χ1) is 3.81. The monoisotopic (exact) mass is 110 g/mol. The minimum absolute atomic E-state index is 0.0162. The number of hydrogen-bond acceptors (Lipinski definition) is 2. The van der Waals surface area contributed by atoms with E-state index in [0.717, 1.165) is 6.42 Å². The van der Waals surface area contributed by atoms with Crippen LogP contribution in [0.3, 0.4) is 0 Å². The Morgan fingerprint density at radius 2 is 2.50 bits per heavy atom. The van der Waals surface area contributed by atoms with Crippen LogP contribution in [-0.2, 0) is 0 Å². The van der Waals surface area contributed by atoms with Gasteiger partial charge in [-0.25, -0.2) is 0 Å². The number of nitrogens with two attached hydrogens (primary N) is 1. The third kappa shape index (κ3) is 3.38. The van der Waals surface area contributed by atoms with Crippen LogP contribution in [0.25, 0.3) is 0 Å². The van der Waals surface area contributed by atoms with Crippen molar-refractivity contribution in [2.24, 2.45) is 5.73 Å². The molecule has 0 aliphatic heterocycles. The van der Waals surface area contributed by atoms with Gasteiger partial charge in [0.2, 0.25) is 0 Å². The molecule has 0 aromatic heterocycles. The van der Waals surface area contributed by atoms with Gasteiger partial charge in [-0.2, -0.15) is 5.26 Å². The summed E-state index contributed by atoms with van der Waals surface area (Å²) in [5.74, 6) is 0. The highest BCUT2D eigenvalue weighted by molar-refractivity contribution is 4.83. The Morgan fingerprint density at radius 3 is 2.88 bits per heavy atom. The van der Waals surface area contributed by atoms with Crippen LogP contribution in [0.15, 0.2) is 12.7 Å². The Bertz CT molecular complexity index is 102. The molecule has 1 atom stereocenters. The Kier molecular flexibility index (Phi) is 3.91. The standard InChI is InChI=1S/C6H10N2/c1-2-3-6(8)4-5-7/h2,6H,1,3-4,8H2. The van der Waals surface area contributed by atoms with E-state index < -0.39 is 0 Å². The number of nitriles is 1. The molecule has 1 unspecified atom stereocenters. The average Bonchev–Trinajstić information content (AvgIpc) is 1.68. The van der Waals surface area contributed by atoms with Crippen molar-refractivity contribution in [1.29, 1.82) is 5.26 Å². The van der Waals surface area contributed by atoms with Gasteiger partial charge in [0, 0.05) is 6.04 Å². The molecule has 44 valence electrons. The summed E-state index contributed by atoms with van der Waals surface area (Å²) in [6.07, 6.45) is 2.88. The van der Waals surface area contributed by atoms with E-state index in [0.29, 0.717) is 6.42 Å². The molecule has 0 radical (unpaired) electrons. The van der Waals surface area contributed by atoms with Crippen LogP contribution in [-0.4, -0.2) is 6.04 Å². The van der Waals surface area contributed by atoms with Crippen molar-refractivity contribution < 1.29 is 0 Å². The molecule has 0 aromatic carbocycles. The molecule has 0 aromatic rings. The van der Waals surface area contributed by atoms with Crippen molar-refractivity contribution in [3.63, 3.8) is 0 Å². The Labute approximate surface area is 49.6 Å². The van der Waals surface area contributed by atoms with Gasteiger partial charge in [0.1, 0.15) is 0 Å². The van der Waals surface area contributed by atoms with E-state index in [9.17, 15) is 0 Å². The summed E-state index contributed by atoms with van der Waals surface area (Å²) in [6.45, 7) is 3.49. The van der Waals surface area contributed by atoms with E-state index in [1.165, 1.54) is 0 Å². The molecule has 0 heterocycles. The predicted molar refractivity (Wildman–Crippen MR) is 33.0 cm³/mol. The average molecular weight is 110 g/mol. The molecule has 0 fully saturated rings. The van der Waals surface area contributed by atoms with Crippen LogP contribution < -0.4 is 5.73 Å². The zero-order valence-corrected chi connectivity index (χ0v) is 4.80.